The van der Waals surface area contributed by atoms with Crippen molar-refractivity contribution >= 4 is 17.7 Å². The molecule has 1 aromatic carbocycles. The summed E-state index contributed by atoms with van der Waals surface area (Å²) >= 11 is 1.68. The van der Waals surface area contributed by atoms with Gasteiger partial charge in [0.15, 0.2) is 0 Å². The largest absolute Gasteiger partial charge is 0.497 e. The third-order valence-corrected chi connectivity index (χ3v) is 3.04. The first kappa shape index (κ1) is 12.9. The van der Waals surface area contributed by atoms with E-state index in [1.165, 1.54) is 0 Å². The Balaban J connectivity index is 2.29. The molecule has 0 bridgehead atoms. The van der Waals surface area contributed by atoms with E-state index in [0.29, 0.717) is 13.0 Å². The lowest BCUT2D eigenvalue weighted by molar-refractivity contribution is -0.120. The highest BCUT2D eigenvalue weighted by atomic mass is 32.2. The Kier molecular flexibility index (Phi) is 5.78. The van der Waals surface area contributed by atoms with Crippen molar-refractivity contribution < 1.29 is 9.53 Å². The standard InChI is InChI=1S/C12H17NO2S/c1-3-13-12(14)8-9-16-11-6-4-10(15-2)5-7-11/h4-7H,3,8-9H2,1-2H3,(H,13,14). The van der Waals surface area contributed by atoms with Crippen LogP contribution in [0.4, 0.5) is 0 Å². The quantitative estimate of drug-likeness (QED) is 0.774. The van der Waals surface area contributed by atoms with Crippen molar-refractivity contribution in [3.63, 3.8) is 0 Å². The van der Waals surface area contributed by atoms with E-state index < -0.39 is 0 Å². The number of rotatable bonds is 6. The van der Waals surface area contributed by atoms with Crippen molar-refractivity contribution in [2.75, 3.05) is 19.4 Å². The molecular weight excluding hydrogens is 222 g/mol. The summed E-state index contributed by atoms with van der Waals surface area (Å²) in [5.41, 5.74) is 0. The van der Waals surface area contributed by atoms with Gasteiger partial charge in [0, 0.05) is 23.6 Å². The summed E-state index contributed by atoms with van der Waals surface area (Å²) in [6, 6.07) is 7.85. The molecule has 1 N–H and O–H groups in total. The second-order valence-electron chi connectivity index (χ2n) is 3.23. The van der Waals surface area contributed by atoms with Gasteiger partial charge in [0.25, 0.3) is 0 Å². The summed E-state index contributed by atoms with van der Waals surface area (Å²) < 4.78 is 5.07. The van der Waals surface area contributed by atoms with Crippen LogP contribution in [-0.2, 0) is 4.79 Å². The monoisotopic (exact) mass is 239 g/mol. The van der Waals surface area contributed by atoms with Crippen LogP contribution in [0.1, 0.15) is 13.3 Å². The first-order valence-electron chi connectivity index (χ1n) is 5.29. The van der Waals surface area contributed by atoms with E-state index in [1.807, 2.05) is 31.2 Å². The number of hydrogen-bond donors (Lipinski definition) is 1. The highest BCUT2D eigenvalue weighted by Crippen LogP contribution is 2.21. The van der Waals surface area contributed by atoms with Gasteiger partial charge >= 0.3 is 0 Å². The zero-order chi connectivity index (χ0) is 11.8. The summed E-state index contributed by atoms with van der Waals surface area (Å²) in [5, 5.41) is 2.78. The Hall–Kier alpha value is -1.16. The lowest BCUT2D eigenvalue weighted by Crippen LogP contribution is -2.22. The van der Waals surface area contributed by atoms with Crippen LogP contribution in [0.25, 0.3) is 0 Å². The predicted octanol–water partition coefficient (Wildman–Crippen LogP) is 2.31. The number of hydrogen-bond acceptors (Lipinski definition) is 3. The van der Waals surface area contributed by atoms with Gasteiger partial charge in [-0.2, -0.15) is 0 Å². The highest BCUT2D eigenvalue weighted by molar-refractivity contribution is 7.99. The number of amides is 1. The number of carbonyl (C=O) groups excluding carboxylic acids is 1. The summed E-state index contributed by atoms with van der Waals surface area (Å²) in [4.78, 5) is 12.3. The average Bonchev–Trinajstić information content (AvgIpc) is 2.30. The Morgan fingerprint density at radius 2 is 2.06 bits per heavy atom. The van der Waals surface area contributed by atoms with Crippen molar-refractivity contribution in [2.24, 2.45) is 0 Å². The smallest absolute Gasteiger partial charge is 0.220 e. The Labute approximate surface area is 101 Å². The minimum absolute atomic E-state index is 0.114. The normalized spacial score (nSPS) is 9.88. The summed E-state index contributed by atoms with van der Waals surface area (Å²) in [7, 11) is 1.65. The van der Waals surface area contributed by atoms with Crippen LogP contribution >= 0.6 is 11.8 Å². The number of ether oxygens (including phenoxy) is 1. The van der Waals surface area contributed by atoms with Gasteiger partial charge in [0.05, 0.1) is 7.11 Å². The molecule has 0 aromatic heterocycles. The van der Waals surface area contributed by atoms with Crippen molar-refractivity contribution in [2.45, 2.75) is 18.2 Å². The van der Waals surface area contributed by atoms with Crippen molar-refractivity contribution in [3.8, 4) is 5.75 Å². The van der Waals surface area contributed by atoms with Crippen LogP contribution < -0.4 is 10.1 Å². The molecule has 16 heavy (non-hydrogen) atoms. The van der Waals surface area contributed by atoms with E-state index in [0.717, 1.165) is 16.4 Å². The maximum Gasteiger partial charge on any atom is 0.220 e. The van der Waals surface area contributed by atoms with Gasteiger partial charge in [-0.1, -0.05) is 0 Å². The molecule has 0 aliphatic heterocycles. The van der Waals surface area contributed by atoms with Gasteiger partial charge in [-0.15, -0.1) is 11.8 Å². The number of methoxy groups -OCH3 is 1. The number of carbonyl (C=O) groups is 1. The lowest BCUT2D eigenvalue weighted by Gasteiger charge is -2.03. The molecule has 0 aliphatic rings. The average molecular weight is 239 g/mol. The summed E-state index contributed by atoms with van der Waals surface area (Å²) in [6.45, 7) is 2.63. The van der Waals surface area contributed by atoms with Crippen molar-refractivity contribution in [3.05, 3.63) is 24.3 Å². The second kappa shape index (κ2) is 7.17. The van der Waals surface area contributed by atoms with Crippen LogP contribution in [-0.4, -0.2) is 25.3 Å². The second-order valence-corrected chi connectivity index (χ2v) is 4.40. The predicted molar refractivity (Wildman–Crippen MR) is 67.0 cm³/mol. The SMILES string of the molecule is CCNC(=O)CCSc1ccc(OC)cc1. The zero-order valence-electron chi connectivity index (χ0n) is 9.66. The molecule has 0 fully saturated rings. The van der Waals surface area contributed by atoms with Crippen molar-refractivity contribution in [1.29, 1.82) is 0 Å². The topological polar surface area (TPSA) is 38.3 Å². The molecule has 1 amide bonds. The molecule has 0 saturated heterocycles. The van der Waals surface area contributed by atoms with E-state index >= 15 is 0 Å². The fourth-order valence-corrected chi connectivity index (χ4v) is 2.07. The van der Waals surface area contributed by atoms with E-state index in [1.54, 1.807) is 18.9 Å². The number of thioether (sulfide) groups is 1. The van der Waals surface area contributed by atoms with Crippen LogP contribution in [0.5, 0.6) is 5.75 Å². The van der Waals surface area contributed by atoms with E-state index in [4.69, 9.17) is 4.74 Å². The molecule has 0 saturated carbocycles. The van der Waals surface area contributed by atoms with Crippen LogP contribution in [0.3, 0.4) is 0 Å². The molecule has 0 atom stereocenters. The van der Waals surface area contributed by atoms with Crippen molar-refractivity contribution in [1.82, 2.24) is 5.32 Å². The van der Waals surface area contributed by atoms with Gasteiger partial charge in [-0.3, -0.25) is 4.79 Å². The van der Waals surface area contributed by atoms with Gasteiger partial charge < -0.3 is 10.1 Å². The highest BCUT2D eigenvalue weighted by Gasteiger charge is 2.00. The molecule has 4 heteroatoms. The Morgan fingerprint density at radius 1 is 1.38 bits per heavy atom. The minimum atomic E-state index is 0.114. The summed E-state index contributed by atoms with van der Waals surface area (Å²) in [6.07, 6.45) is 0.560. The maximum atomic E-state index is 11.2. The molecule has 1 rings (SSSR count). The molecule has 0 unspecified atom stereocenters. The van der Waals surface area contributed by atoms with Crippen LogP contribution in [0.15, 0.2) is 29.2 Å². The van der Waals surface area contributed by atoms with Gasteiger partial charge in [-0.05, 0) is 31.2 Å². The molecule has 88 valence electrons. The van der Waals surface area contributed by atoms with E-state index in [2.05, 4.69) is 5.32 Å². The summed E-state index contributed by atoms with van der Waals surface area (Å²) in [5.74, 6) is 1.77. The van der Waals surface area contributed by atoms with E-state index in [9.17, 15) is 4.79 Å². The van der Waals surface area contributed by atoms with Gasteiger partial charge in [0.2, 0.25) is 5.91 Å². The Bertz CT molecular complexity index is 324. The number of nitrogens with one attached hydrogen (secondary N) is 1. The fraction of sp³-hybridized carbons (Fsp3) is 0.417. The molecule has 0 aliphatic carbocycles. The van der Waals surface area contributed by atoms with E-state index in [-0.39, 0.29) is 5.91 Å². The fourth-order valence-electron chi connectivity index (χ4n) is 1.22. The molecule has 0 spiro atoms. The third-order valence-electron chi connectivity index (χ3n) is 2.03. The minimum Gasteiger partial charge on any atom is -0.497 e. The third kappa shape index (κ3) is 4.57. The zero-order valence-corrected chi connectivity index (χ0v) is 10.5. The lowest BCUT2D eigenvalue weighted by atomic mass is 10.3. The maximum absolute atomic E-state index is 11.2. The molecule has 0 radical (unpaired) electrons. The van der Waals surface area contributed by atoms with Crippen LogP contribution in [0.2, 0.25) is 0 Å². The molecule has 3 nitrogen and oxygen atoms in total. The Morgan fingerprint density at radius 3 is 2.62 bits per heavy atom. The first-order valence-corrected chi connectivity index (χ1v) is 6.28. The van der Waals surface area contributed by atoms with Crippen LogP contribution in [0, 0.1) is 0 Å². The molecular formula is C12H17NO2S. The van der Waals surface area contributed by atoms with Gasteiger partial charge in [-0.25, -0.2) is 0 Å². The molecule has 1 aromatic rings. The number of benzene rings is 1. The molecule has 0 heterocycles. The van der Waals surface area contributed by atoms with Gasteiger partial charge in [0.1, 0.15) is 5.75 Å². The first-order chi connectivity index (χ1) is 7.76.